The van der Waals surface area contributed by atoms with E-state index >= 15 is 0 Å². The van der Waals surface area contributed by atoms with Crippen LogP contribution in [0.15, 0.2) is 18.3 Å². The Hall–Kier alpha value is -1.22. The summed E-state index contributed by atoms with van der Waals surface area (Å²) < 4.78 is 5.63. The van der Waals surface area contributed by atoms with Gasteiger partial charge in [-0.15, -0.1) is 0 Å². The van der Waals surface area contributed by atoms with Gasteiger partial charge in [0.05, 0.1) is 0 Å². The SMILES string of the molecule is Cc1ccc(C(=O)C2(C)CCCCO2)cn1. The molecule has 3 nitrogen and oxygen atoms in total. The Morgan fingerprint density at radius 2 is 2.25 bits per heavy atom. The molecule has 1 unspecified atom stereocenters. The van der Waals surface area contributed by atoms with Crippen molar-refractivity contribution in [1.29, 1.82) is 0 Å². The molecule has 0 saturated carbocycles. The van der Waals surface area contributed by atoms with Crippen LogP contribution >= 0.6 is 0 Å². The first-order valence-corrected chi connectivity index (χ1v) is 5.73. The highest BCUT2D eigenvalue weighted by molar-refractivity contribution is 6.02. The Bertz CT molecular complexity index is 377. The van der Waals surface area contributed by atoms with E-state index in [9.17, 15) is 4.79 Å². The van der Waals surface area contributed by atoms with Gasteiger partial charge >= 0.3 is 0 Å². The van der Waals surface area contributed by atoms with Gasteiger partial charge in [-0.25, -0.2) is 0 Å². The second-order valence-corrected chi connectivity index (χ2v) is 4.55. The summed E-state index contributed by atoms with van der Waals surface area (Å²) in [5.74, 6) is 0.0553. The number of ether oxygens (including phenoxy) is 1. The Kier molecular flexibility index (Phi) is 3.06. The van der Waals surface area contributed by atoms with Gasteiger partial charge in [0.25, 0.3) is 0 Å². The van der Waals surface area contributed by atoms with E-state index in [0.717, 1.165) is 25.0 Å². The molecule has 3 heteroatoms. The van der Waals surface area contributed by atoms with Gasteiger partial charge in [-0.05, 0) is 45.2 Å². The average molecular weight is 219 g/mol. The molecule has 0 bridgehead atoms. The van der Waals surface area contributed by atoms with Crippen molar-refractivity contribution in [1.82, 2.24) is 4.98 Å². The number of hydrogen-bond acceptors (Lipinski definition) is 3. The zero-order chi connectivity index (χ0) is 11.6. The van der Waals surface area contributed by atoms with Crippen LogP contribution in [-0.4, -0.2) is 23.0 Å². The predicted molar refractivity (Wildman–Crippen MR) is 61.5 cm³/mol. The monoisotopic (exact) mass is 219 g/mol. The zero-order valence-corrected chi connectivity index (χ0v) is 9.82. The first kappa shape index (κ1) is 11.3. The van der Waals surface area contributed by atoms with Gasteiger partial charge in [0.1, 0.15) is 5.60 Å². The van der Waals surface area contributed by atoms with Crippen LogP contribution in [0.3, 0.4) is 0 Å². The fraction of sp³-hybridized carbons (Fsp3) is 0.538. The van der Waals surface area contributed by atoms with E-state index in [0.29, 0.717) is 12.2 Å². The molecular formula is C13H17NO2. The van der Waals surface area contributed by atoms with Crippen molar-refractivity contribution in [2.45, 2.75) is 38.7 Å². The molecule has 1 aliphatic heterocycles. The van der Waals surface area contributed by atoms with Crippen molar-refractivity contribution < 1.29 is 9.53 Å². The molecule has 0 spiro atoms. The standard InChI is InChI=1S/C13H17NO2/c1-10-5-6-11(9-14-10)12(15)13(2)7-3-4-8-16-13/h5-6,9H,3-4,7-8H2,1-2H3. The van der Waals surface area contributed by atoms with Crippen LogP contribution in [0.25, 0.3) is 0 Å². The van der Waals surface area contributed by atoms with Crippen LogP contribution in [0, 0.1) is 6.92 Å². The summed E-state index contributed by atoms with van der Waals surface area (Å²) in [6.07, 6.45) is 4.55. The van der Waals surface area contributed by atoms with E-state index in [1.807, 2.05) is 26.0 Å². The summed E-state index contributed by atoms with van der Waals surface area (Å²) >= 11 is 0. The number of ketones is 1. The molecule has 1 aromatic heterocycles. The molecule has 86 valence electrons. The number of rotatable bonds is 2. The van der Waals surface area contributed by atoms with Crippen LogP contribution in [0.5, 0.6) is 0 Å². The molecule has 2 heterocycles. The molecule has 1 aliphatic rings. The lowest BCUT2D eigenvalue weighted by Gasteiger charge is -2.32. The highest BCUT2D eigenvalue weighted by Crippen LogP contribution is 2.28. The largest absolute Gasteiger partial charge is 0.367 e. The van der Waals surface area contributed by atoms with Crippen molar-refractivity contribution in [2.75, 3.05) is 6.61 Å². The molecule has 0 aromatic carbocycles. The number of hydrogen-bond donors (Lipinski definition) is 0. The third-order valence-corrected chi connectivity index (χ3v) is 3.12. The number of nitrogens with zero attached hydrogens (tertiary/aromatic N) is 1. The van der Waals surface area contributed by atoms with Gasteiger partial charge in [-0.1, -0.05) is 0 Å². The summed E-state index contributed by atoms with van der Waals surface area (Å²) in [4.78, 5) is 16.4. The van der Waals surface area contributed by atoms with Crippen molar-refractivity contribution >= 4 is 5.78 Å². The molecule has 1 aromatic rings. The van der Waals surface area contributed by atoms with Crippen LogP contribution in [-0.2, 0) is 4.74 Å². The Balaban J connectivity index is 2.20. The minimum absolute atomic E-state index is 0.0553. The molecule has 1 saturated heterocycles. The zero-order valence-electron chi connectivity index (χ0n) is 9.82. The Morgan fingerprint density at radius 1 is 1.44 bits per heavy atom. The fourth-order valence-corrected chi connectivity index (χ4v) is 2.02. The van der Waals surface area contributed by atoms with Gasteiger partial charge in [-0.3, -0.25) is 9.78 Å². The van der Waals surface area contributed by atoms with E-state index in [-0.39, 0.29) is 5.78 Å². The maximum absolute atomic E-state index is 12.3. The molecular weight excluding hydrogens is 202 g/mol. The van der Waals surface area contributed by atoms with Gasteiger partial charge < -0.3 is 4.74 Å². The quantitative estimate of drug-likeness (QED) is 0.717. The summed E-state index contributed by atoms with van der Waals surface area (Å²) in [6, 6.07) is 3.69. The third kappa shape index (κ3) is 2.14. The summed E-state index contributed by atoms with van der Waals surface area (Å²) in [6.45, 7) is 4.48. The van der Waals surface area contributed by atoms with E-state index in [1.54, 1.807) is 6.20 Å². The van der Waals surface area contributed by atoms with Crippen LogP contribution in [0.2, 0.25) is 0 Å². The predicted octanol–water partition coefficient (Wildman–Crippen LogP) is 2.53. The number of pyridine rings is 1. The smallest absolute Gasteiger partial charge is 0.195 e. The molecule has 1 fully saturated rings. The number of carbonyl (C=O) groups excluding carboxylic acids is 1. The number of aromatic nitrogens is 1. The number of carbonyl (C=O) groups is 1. The van der Waals surface area contributed by atoms with E-state index < -0.39 is 5.60 Å². The first-order valence-electron chi connectivity index (χ1n) is 5.73. The molecule has 1 atom stereocenters. The minimum atomic E-state index is -0.644. The highest BCUT2D eigenvalue weighted by atomic mass is 16.5. The normalized spacial score (nSPS) is 25.4. The molecule has 0 N–H and O–H groups in total. The summed E-state index contributed by atoms with van der Waals surface area (Å²) in [7, 11) is 0. The lowest BCUT2D eigenvalue weighted by molar-refractivity contribution is -0.0426. The van der Waals surface area contributed by atoms with Crippen LogP contribution < -0.4 is 0 Å². The lowest BCUT2D eigenvalue weighted by Crippen LogP contribution is -2.41. The molecule has 0 radical (unpaired) electrons. The molecule has 0 amide bonds. The summed E-state index contributed by atoms with van der Waals surface area (Å²) in [5, 5.41) is 0. The van der Waals surface area contributed by atoms with E-state index in [4.69, 9.17) is 4.74 Å². The highest BCUT2D eigenvalue weighted by Gasteiger charge is 2.36. The first-order chi connectivity index (χ1) is 7.62. The maximum Gasteiger partial charge on any atom is 0.195 e. The third-order valence-electron chi connectivity index (χ3n) is 3.12. The fourth-order valence-electron chi connectivity index (χ4n) is 2.02. The maximum atomic E-state index is 12.3. The van der Waals surface area contributed by atoms with Crippen LogP contribution in [0.4, 0.5) is 0 Å². The van der Waals surface area contributed by atoms with Crippen molar-refractivity contribution in [3.8, 4) is 0 Å². The van der Waals surface area contributed by atoms with E-state index in [2.05, 4.69) is 4.98 Å². The van der Waals surface area contributed by atoms with Crippen molar-refractivity contribution in [3.05, 3.63) is 29.6 Å². The second-order valence-electron chi connectivity index (χ2n) is 4.55. The second kappa shape index (κ2) is 4.34. The molecule has 16 heavy (non-hydrogen) atoms. The lowest BCUT2D eigenvalue weighted by atomic mass is 9.88. The van der Waals surface area contributed by atoms with Gasteiger partial charge in [0.2, 0.25) is 0 Å². The van der Waals surface area contributed by atoms with Crippen LogP contribution in [0.1, 0.15) is 42.2 Å². The van der Waals surface area contributed by atoms with Gasteiger partial charge in [0.15, 0.2) is 5.78 Å². The average Bonchev–Trinajstić information content (AvgIpc) is 2.30. The van der Waals surface area contributed by atoms with Gasteiger partial charge in [-0.2, -0.15) is 0 Å². The Labute approximate surface area is 95.8 Å². The van der Waals surface area contributed by atoms with Gasteiger partial charge in [0, 0.05) is 24.1 Å². The topological polar surface area (TPSA) is 39.2 Å². The Morgan fingerprint density at radius 3 is 2.81 bits per heavy atom. The summed E-state index contributed by atoms with van der Waals surface area (Å²) in [5.41, 5.74) is 0.927. The van der Waals surface area contributed by atoms with Crippen molar-refractivity contribution in [3.63, 3.8) is 0 Å². The molecule has 2 rings (SSSR count). The minimum Gasteiger partial charge on any atom is -0.367 e. The number of aryl methyl sites for hydroxylation is 1. The van der Waals surface area contributed by atoms with Crippen molar-refractivity contribution in [2.24, 2.45) is 0 Å². The number of Topliss-reactive ketones (excluding diaryl/α,β-unsaturated/α-hetero) is 1. The van der Waals surface area contributed by atoms with E-state index in [1.165, 1.54) is 0 Å². The molecule has 0 aliphatic carbocycles.